The Morgan fingerprint density at radius 2 is 2.00 bits per heavy atom. The SMILES string of the molecule is CCC(C)(C)c1ccc(F)c2ccoc12. The van der Waals surface area contributed by atoms with E-state index in [9.17, 15) is 4.39 Å². The number of furan rings is 1. The van der Waals surface area contributed by atoms with E-state index in [1.807, 2.05) is 6.07 Å². The number of hydrogen-bond donors (Lipinski definition) is 0. The second kappa shape index (κ2) is 3.37. The molecule has 0 N–H and O–H groups in total. The first kappa shape index (κ1) is 10.2. The van der Waals surface area contributed by atoms with Crippen molar-refractivity contribution < 1.29 is 8.81 Å². The molecule has 0 saturated heterocycles. The molecule has 80 valence electrons. The van der Waals surface area contributed by atoms with Crippen LogP contribution in [0.3, 0.4) is 0 Å². The Kier molecular flexibility index (Phi) is 2.29. The van der Waals surface area contributed by atoms with Gasteiger partial charge in [0.15, 0.2) is 0 Å². The van der Waals surface area contributed by atoms with E-state index in [0.29, 0.717) is 11.0 Å². The van der Waals surface area contributed by atoms with E-state index in [-0.39, 0.29) is 11.2 Å². The molecule has 0 radical (unpaired) electrons. The van der Waals surface area contributed by atoms with Gasteiger partial charge in [-0.2, -0.15) is 0 Å². The number of hydrogen-bond acceptors (Lipinski definition) is 1. The van der Waals surface area contributed by atoms with Crippen LogP contribution in [0.5, 0.6) is 0 Å². The molecule has 1 aromatic heterocycles. The van der Waals surface area contributed by atoms with Crippen molar-refractivity contribution in [3.63, 3.8) is 0 Å². The summed E-state index contributed by atoms with van der Waals surface area (Å²) in [5.74, 6) is -0.214. The maximum atomic E-state index is 13.4. The highest BCUT2D eigenvalue weighted by Crippen LogP contribution is 2.34. The second-order valence-corrected chi connectivity index (χ2v) is 4.50. The molecule has 0 bridgehead atoms. The third kappa shape index (κ3) is 1.54. The van der Waals surface area contributed by atoms with Gasteiger partial charge in [-0.15, -0.1) is 0 Å². The number of fused-ring (bicyclic) bond motifs is 1. The first-order valence-corrected chi connectivity index (χ1v) is 5.22. The lowest BCUT2D eigenvalue weighted by Gasteiger charge is -2.23. The molecule has 1 heterocycles. The number of rotatable bonds is 2. The Hall–Kier alpha value is -1.31. The van der Waals surface area contributed by atoms with Gasteiger partial charge < -0.3 is 4.42 Å². The summed E-state index contributed by atoms with van der Waals surface area (Å²) in [5, 5.41) is 0.578. The highest BCUT2D eigenvalue weighted by molar-refractivity contribution is 5.81. The van der Waals surface area contributed by atoms with Gasteiger partial charge in [-0.3, -0.25) is 0 Å². The zero-order chi connectivity index (χ0) is 11.1. The molecule has 15 heavy (non-hydrogen) atoms. The Balaban J connectivity index is 2.72. The van der Waals surface area contributed by atoms with E-state index in [2.05, 4.69) is 20.8 Å². The average molecular weight is 206 g/mol. The zero-order valence-electron chi connectivity index (χ0n) is 9.30. The summed E-state index contributed by atoms with van der Waals surface area (Å²) in [7, 11) is 0. The van der Waals surface area contributed by atoms with Gasteiger partial charge in [0.05, 0.1) is 11.6 Å². The fourth-order valence-electron chi connectivity index (χ4n) is 1.75. The summed E-state index contributed by atoms with van der Waals surface area (Å²) in [6.07, 6.45) is 2.54. The molecule has 1 aromatic carbocycles. The maximum Gasteiger partial charge on any atom is 0.140 e. The molecule has 1 nitrogen and oxygen atoms in total. The van der Waals surface area contributed by atoms with Crippen molar-refractivity contribution in [2.24, 2.45) is 0 Å². The largest absolute Gasteiger partial charge is 0.464 e. The van der Waals surface area contributed by atoms with Crippen molar-refractivity contribution in [1.29, 1.82) is 0 Å². The molecule has 0 aliphatic heterocycles. The summed E-state index contributed by atoms with van der Waals surface area (Å²) in [4.78, 5) is 0. The van der Waals surface area contributed by atoms with Crippen LogP contribution < -0.4 is 0 Å². The highest BCUT2D eigenvalue weighted by Gasteiger charge is 2.23. The molecule has 0 atom stereocenters. The third-order valence-electron chi connectivity index (χ3n) is 3.18. The van der Waals surface area contributed by atoms with Crippen LogP contribution in [-0.2, 0) is 5.41 Å². The summed E-state index contributed by atoms with van der Waals surface area (Å²) in [6.45, 7) is 6.41. The van der Waals surface area contributed by atoms with Crippen LogP contribution >= 0.6 is 0 Å². The van der Waals surface area contributed by atoms with E-state index < -0.39 is 0 Å². The first-order chi connectivity index (χ1) is 7.06. The van der Waals surface area contributed by atoms with Crippen LogP contribution in [-0.4, -0.2) is 0 Å². The van der Waals surface area contributed by atoms with Crippen molar-refractivity contribution in [1.82, 2.24) is 0 Å². The van der Waals surface area contributed by atoms with Crippen molar-refractivity contribution in [3.8, 4) is 0 Å². The molecule has 2 rings (SSSR count). The van der Waals surface area contributed by atoms with Crippen LogP contribution in [0, 0.1) is 5.82 Å². The van der Waals surface area contributed by atoms with E-state index in [1.54, 1.807) is 12.3 Å². The molecule has 2 heteroatoms. The van der Waals surface area contributed by atoms with E-state index in [4.69, 9.17) is 4.42 Å². The average Bonchev–Trinajstić information content (AvgIpc) is 2.67. The van der Waals surface area contributed by atoms with Crippen molar-refractivity contribution in [2.75, 3.05) is 0 Å². The lowest BCUT2D eigenvalue weighted by Crippen LogP contribution is -2.15. The van der Waals surface area contributed by atoms with Gasteiger partial charge >= 0.3 is 0 Å². The maximum absolute atomic E-state index is 13.4. The molecule has 2 aromatic rings. The summed E-state index contributed by atoms with van der Waals surface area (Å²) in [5.41, 5.74) is 1.78. The molecule has 0 unspecified atom stereocenters. The number of benzene rings is 1. The van der Waals surface area contributed by atoms with Gasteiger partial charge in [-0.25, -0.2) is 4.39 Å². The fourth-order valence-corrected chi connectivity index (χ4v) is 1.75. The van der Waals surface area contributed by atoms with Crippen LogP contribution in [0.15, 0.2) is 28.9 Å². The minimum absolute atomic E-state index is 0.0177. The van der Waals surface area contributed by atoms with Crippen LogP contribution in [0.1, 0.15) is 32.8 Å². The van der Waals surface area contributed by atoms with Gasteiger partial charge in [0.2, 0.25) is 0 Å². The minimum atomic E-state index is -0.214. The van der Waals surface area contributed by atoms with Crippen molar-refractivity contribution >= 4 is 11.0 Å². The minimum Gasteiger partial charge on any atom is -0.464 e. The topological polar surface area (TPSA) is 13.1 Å². The molecule has 0 spiro atoms. The van der Waals surface area contributed by atoms with Crippen molar-refractivity contribution in [2.45, 2.75) is 32.6 Å². The molecule has 0 amide bonds. The summed E-state index contributed by atoms with van der Waals surface area (Å²) in [6, 6.07) is 5.02. The van der Waals surface area contributed by atoms with E-state index in [0.717, 1.165) is 12.0 Å². The van der Waals surface area contributed by atoms with Crippen LogP contribution in [0.25, 0.3) is 11.0 Å². The quantitative estimate of drug-likeness (QED) is 0.715. The van der Waals surface area contributed by atoms with Crippen LogP contribution in [0.4, 0.5) is 4.39 Å². The molecular weight excluding hydrogens is 191 g/mol. The monoisotopic (exact) mass is 206 g/mol. The zero-order valence-corrected chi connectivity index (χ0v) is 9.30. The normalized spacial score (nSPS) is 12.3. The van der Waals surface area contributed by atoms with Gasteiger partial charge in [0.1, 0.15) is 11.4 Å². The van der Waals surface area contributed by atoms with Crippen LogP contribution in [0.2, 0.25) is 0 Å². The van der Waals surface area contributed by atoms with Crippen molar-refractivity contribution in [3.05, 3.63) is 35.8 Å². The fraction of sp³-hybridized carbons (Fsp3) is 0.385. The third-order valence-corrected chi connectivity index (χ3v) is 3.18. The molecule has 0 aliphatic rings. The van der Waals surface area contributed by atoms with Gasteiger partial charge in [0, 0.05) is 5.56 Å². The summed E-state index contributed by atoms with van der Waals surface area (Å²) < 4.78 is 18.8. The lowest BCUT2D eigenvalue weighted by molar-refractivity contribution is 0.495. The van der Waals surface area contributed by atoms with E-state index in [1.165, 1.54) is 6.07 Å². The summed E-state index contributed by atoms with van der Waals surface area (Å²) >= 11 is 0. The molecule has 0 fully saturated rings. The Labute approximate surface area is 88.9 Å². The lowest BCUT2D eigenvalue weighted by atomic mass is 9.81. The molecule has 0 saturated carbocycles. The Morgan fingerprint density at radius 1 is 1.27 bits per heavy atom. The standard InChI is InChI=1S/C13H15FO/c1-4-13(2,3)10-5-6-11(14)9-7-8-15-12(9)10/h5-8H,4H2,1-3H3. The van der Waals surface area contributed by atoms with Gasteiger partial charge in [-0.1, -0.05) is 26.8 Å². The van der Waals surface area contributed by atoms with E-state index >= 15 is 0 Å². The predicted molar refractivity (Wildman–Crippen MR) is 59.5 cm³/mol. The molecule has 0 aliphatic carbocycles. The Morgan fingerprint density at radius 3 is 2.67 bits per heavy atom. The first-order valence-electron chi connectivity index (χ1n) is 5.22. The number of halogens is 1. The van der Waals surface area contributed by atoms with Gasteiger partial charge in [-0.05, 0) is 24.0 Å². The molecular formula is C13H15FO. The second-order valence-electron chi connectivity index (χ2n) is 4.50. The smallest absolute Gasteiger partial charge is 0.140 e. The Bertz CT molecular complexity index is 482. The van der Waals surface area contributed by atoms with Gasteiger partial charge in [0.25, 0.3) is 0 Å². The highest BCUT2D eigenvalue weighted by atomic mass is 19.1. The predicted octanol–water partition coefficient (Wildman–Crippen LogP) is 4.26.